The molecule has 0 aliphatic carbocycles. The Bertz CT molecular complexity index is 792. The molecule has 1 atom stereocenters. The first-order chi connectivity index (χ1) is 24.8. The number of ether oxygens (including phenoxy) is 1. The van der Waals surface area contributed by atoms with Crippen molar-refractivity contribution >= 4 is 5.97 Å². The van der Waals surface area contributed by atoms with Gasteiger partial charge in [-0.3, -0.25) is 4.79 Å². The lowest BCUT2D eigenvalue weighted by Crippen LogP contribution is -2.32. The van der Waals surface area contributed by atoms with Crippen LogP contribution in [-0.4, -0.2) is 5.97 Å². The fourth-order valence-corrected chi connectivity index (χ4v) is 7.41. The highest BCUT2D eigenvalue weighted by Gasteiger charge is 2.36. The van der Waals surface area contributed by atoms with Crippen LogP contribution in [0.5, 0.6) is 0 Å². The average molecular weight is 697 g/mol. The van der Waals surface area contributed by atoms with E-state index in [4.69, 9.17) is 4.74 Å². The Kier molecular flexibility index (Phi) is 36.4. The molecule has 1 fully saturated rings. The molecule has 0 saturated carbocycles. The van der Waals surface area contributed by atoms with Gasteiger partial charge in [-0.25, -0.2) is 0 Å². The molecule has 0 aromatic heterocycles. The third-order valence-corrected chi connectivity index (χ3v) is 10.9. The van der Waals surface area contributed by atoms with Crippen LogP contribution in [0.2, 0.25) is 0 Å². The van der Waals surface area contributed by atoms with E-state index in [1.165, 1.54) is 225 Å². The summed E-state index contributed by atoms with van der Waals surface area (Å²) in [5, 5.41) is 0. The van der Waals surface area contributed by atoms with Crippen LogP contribution in [0.4, 0.5) is 0 Å². The number of hydrogen-bond donors (Lipinski definition) is 0. The maximum absolute atomic E-state index is 12.0. The highest BCUT2D eigenvalue weighted by atomic mass is 16.6. The number of rotatable bonds is 40. The topological polar surface area (TPSA) is 26.3 Å². The van der Waals surface area contributed by atoms with Crippen LogP contribution in [0.3, 0.4) is 0 Å². The van der Waals surface area contributed by atoms with Crippen LogP contribution < -0.4 is 0 Å². The molecule has 2 heteroatoms. The highest BCUT2D eigenvalue weighted by Crippen LogP contribution is 2.32. The zero-order valence-corrected chi connectivity index (χ0v) is 34.2. The second-order valence-electron chi connectivity index (χ2n) is 15.9. The molecule has 0 bridgehead atoms. The molecule has 50 heavy (non-hydrogen) atoms. The van der Waals surface area contributed by atoms with Crippen LogP contribution in [0.1, 0.15) is 258 Å². The third-order valence-electron chi connectivity index (χ3n) is 10.9. The van der Waals surface area contributed by atoms with E-state index in [1.807, 2.05) is 0 Å². The van der Waals surface area contributed by atoms with Gasteiger partial charge in [0.15, 0.2) is 0 Å². The van der Waals surface area contributed by atoms with Crippen LogP contribution in [0.15, 0.2) is 36.1 Å². The Morgan fingerprint density at radius 3 is 0.980 bits per heavy atom. The van der Waals surface area contributed by atoms with Gasteiger partial charge in [-0.1, -0.05) is 212 Å². The quantitative estimate of drug-likeness (QED) is 0.0362. The van der Waals surface area contributed by atoms with Crippen molar-refractivity contribution in [1.29, 1.82) is 0 Å². The molecule has 1 rings (SSSR count). The minimum Gasteiger partial charge on any atom is -0.430 e. The van der Waals surface area contributed by atoms with Gasteiger partial charge < -0.3 is 4.74 Å². The summed E-state index contributed by atoms with van der Waals surface area (Å²) >= 11 is 0. The molecule has 1 saturated heterocycles. The van der Waals surface area contributed by atoms with Gasteiger partial charge in [0, 0.05) is 0 Å². The first kappa shape index (κ1) is 46.7. The fourth-order valence-electron chi connectivity index (χ4n) is 7.41. The van der Waals surface area contributed by atoms with Crippen molar-refractivity contribution in [2.75, 3.05) is 0 Å². The minimum absolute atomic E-state index is 0.00995. The summed E-state index contributed by atoms with van der Waals surface area (Å²) < 4.78 is 5.40. The van der Waals surface area contributed by atoms with E-state index in [2.05, 4.69) is 44.2 Å². The van der Waals surface area contributed by atoms with Gasteiger partial charge in [-0.05, 0) is 76.7 Å². The molecule has 0 aromatic rings. The molecule has 1 unspecified atom stereocenters. The molecule has 292 valence electrons. The Morgan fingerprint density at radius 2 is 0.660 bits per heavy atom. The Balaban J connectivity index is 1.83. The van der Waals surface area contributed by atoms with Crippen molar-refractivity contribution in [3.8, 4) is 0 Å². The number of cyclic esters (lactones) is 1. The van der Waals surface area contributed by atoms with E-state index in [-0.39, 0.29) is 11.9 Å². The standard InChI is InChI=1S/C48H88O2/c1-3-5-7-9-11-13-15-17-19-21-23-25-27-29-31-33-35-37-39-41-43-45-47-46(48(49)50-47)44-42-40-38-36-34-32-30-28-26-24-22-20-18-16-14-12-10-8-6-4-2/h27-30,45-46H,3-26,31-44H2,1-2H3/b29-27+,30-28+,47-45+. The maximum Gasteiger partial charge on any atom is 0.321 e. The summed E-state index contributed by atoms with van der Waals surface area (Å²) in [4.78, 5) is 12.0. The monoisotopic (exact) mass is 697 g/mol. The molecular formula is C48H88O2. The van der Waals surface area contributed by atoms with E-state index in [0.717, 1.165) is 25.0 Å². The normalized spacial score (nSPS) is 15.5. The molecule has 0 spiro atoms. The fraction of sp³-hybridized carbons (Fsp3) is 0.854. The highest BCUT2D eigenvalue weighted by molar-refractivity contribution is 5.82. The van der Waals surface area contributed by atoms with E-state index in [0.29, 0.717) is 0 Å². The Labute approximate surface area is 314 Å². The van der Waals surface area contributed by atoms with Crippen LogP contribution >= 0.6 is 0 Å². The zero-order valence-electron chi connectivity index (χ0n) is 34.2. The lowest BCUT2D eigenvalue weighted by molar-refractivity contribution is -0.157. The largest absolute Gasteiger partial charge is 0.430 e. The SMILES string of the molecule is CCCCCCCCCCCCC/C=C/CCCCCCC/C=C1/OC(=O)C1CCCCCCC/C=C/CCCCCCCCCCCCC. The number of allylic oxidation sites excluding steroid dienone is 5. The van der Waals surface area contributed by atoms with Gasteiger partial charge in [-0.2, -0.15) is 0 Å². The van der Waals surface area contributed by atoms with E-state index in [9.17, 15) is 4.79 Å². The second kappa shape index (κ2) is 38.9. The summed E-state index contributed by atoms with van der Waals surface area (Å²) in [5.74, 6) is 1.04. The van der Waals surface area contributed by atoms with Crippen LogP contribution in [0.25, 0.3) is 0 Å². The predicted octanol–water partition coefficient (Wildman–Crippen LogP) is 17.0. The first-order valence-corrected chi connectivity index (χ1v) is 23.0. The van der Waals surface area contributed by atoms with Gasteiger partial charge in [0.1, 0.15) is 11.7 Å². The van der Waals surface area contributed by atoms with Crippen molar-refractivity contribution < 1.29 is 9.53 Å². The minimum atomic E-state index is 0.00995. The van der Waals surface area contributed by atoms with Crippen LogP contribution in [-0.2, 0) is 9.53 Å². The van der Waals surface area contributed by atoms with Gasteiger partial charge >= 0.3 is 5.97 Å². The number of hydrogen-bond acceptors (Lipinski definition) is 2. The van der Waals surface area contributed by atoms with E-state index >= 15 is 0 Å². The lowest BCUT2D eigenvalue weighted by atomic mass is 9.93. The predicted molar refractivity (Wildman–Crippen MR) is 223 cm³/mol. The average Bonchev–Trinajstić information content (AvgIpc) is 3.12. The van der Waals surface area contributed by atoms with Crippen molar-refractivity contribution in [3.05, 3.63) is 36.1 Å². The van der Waals surface area contributed by atoms with Crippen molar-refractivity contribution in [2.45, 2.75) is 258 Å². The van der Waals surface area contributed by atoms with E-state index in [1.54, 1.807) is 0 Å². The molecule has 1 heterocycles. The number of esters is 1. The first-order valence-electron chi connectivity index (χ1n) is 23.0. The van der Waals surface area contributed by atoms with E-state index < -0.39 is 0 Å². The lowest BCUT2D eigenvalue weighted by Gasteiger charge is -2.28. The molecule has 0 aromatic carbocycles. The number of carbonyl (C=O) groups excluding carboxylic acids is 1. The molecular weight excluding hydrogens is 609 g/mol. The second-order valence-corrected chi connectivity index (χ2v) is 15.9. The Hall–Kier alpha value is -1.31. The summed E-state index contributed by atoms with van der Waals surface area (Å²) in [6.07, 6.45) is 63.1. The smallest absolute Gasteiger partial charge is 0.321 e. The maximum atomic E-state index is 12.0. The summed E-state index contributed by atoms with van der Waals surface area (Å²) in [6.45, 7) is 4.59. The molecule has 1 aliphatic heterocycles. The molecule has 2 nitrogen and oxygen atoms in total. The molecule has 0 amide bonds. The van der Waals surface area contributed by atoms with Gasteiger partial charge in [0.25, 0.3) is 0 Å². The summed E-state index contributed by atoms with van der Waals surface area (Å²) in [5.41, 5.74) is 0. The van der Waals surface area contributed by atoms with Crippen molar-refractivity contribution in [1.82, 2.24) is 0 Å². The number of unbranched alkanes of at least 4 members (excludes halogenated alkanes) is 33. The van der Waals surface area contributed by atoms with Gasteiger partial charge in [0.05, 0.1) is 0 Å². The Morgan fingerprint density at radius 1 is 0.380 bits per heavy atom. The van der Waals surface area contributed by atoms with Crippen molar-refractivity contribution in [2.24, 2.45) is 5.92 Å². The molecule has 1 aliphatic rings. The molecule has 0 radical (unpaired) electrons. The van der Waals surface area contributed by atoms with Gasteiger partial charge in [-0.15, -0.1) is 0 Å². The molecule has 0 N–H and O–H groups in total. The van der Waals surface area contributed by atoms with Crippen molar-refractivity contribution in [3.63, 3.8) is 0 Å². The third kappa shape index (κ3) is 31.4. The van der Waals surface area contributed by atoms with Gasteiger partial charge in [0.2, 0.25) is 0 Å². The number of carbonyl (C=O) groups is 1. The van der Waals surface area contributed by atoms with Crippen LogP contribution in [0, 0.1) is 5.92 Å². The summed E-state index contributed by atoms with van der Waals surface area (Å²) in [7, 11) is 0. The summed E-state index contributed by atoms with van der Waals surface area (Å²) in [6, 6.07) is 0. The zero-order chi connectivity index (χ0) is 35.8.